The molecule has 8 nitrogen and oxygen atoms in total. The van der Waals surface area contributed by atoms with Crippen molar-refractivity contribution in [3.8, 4) is 5.75 Å². The predicted octanol–water partition coefficient (Wildman–Crippen LogP) is 4.15. The lowest BCUT2D eigenvalue weighted by atomic mass is 10.3. The Hall–Kier alpha value is -2.34. The first-order chi connectivity index (χ1) is 14.8. The number of rotatable bonds is 9. The van der Waals surface area contributed by atoms with Crippen molar-refractivity contribution in [1.29, 1.82) is 0 Å². The van der Waals surface area contributed by atoms with Crippen LogP contribution in [0.3, 0.4) is 0 Å². The van der Waals surface area contributed by atoms with Gasteiger partial charge in [0.25, 0.3) is 10.0 Å². The second-order valence-electron chi connectivity index (χ2n) is 6.02. The zero-order valence-electron chi connectivity index (χ0n) is 16.6. The number of aromatic nitrogens is 2. The summed E-state index contributed by atoms with van der Waals surface area (Å²) in [4.78, 5) is 12.7. The Labute approximate surface area is 193 Å². The van der Waals surface area contributed by atoms with Gasteiger partial charge in [0.1, 0.15) is 12.3 Å². The number of methoxy groups -OCH3 is 1. The number of thioether (sulfide) groups is 1. The molecule has 0 spiro atoms. The number of nitrogens with one attached hydrogen (secondary N) is 1. The molecule has 0 atom stereocenters. The minimum atomic E-state index is -4.07. The van der Waals surface area contributed by atoms with E-state index in [9.17, 15) is 13.2 Å². The minimum absolute atomic E-state index is 0.0126. The van der Waals surface area contributed by atoms with Crippen molar-refractivity contribution in [3.05, 3.63) is 53.6 Å². The number of nitrogens with zero attached hydrogens (tertiary/aromatic N) is 3. The van der Waals surface area contributed by atoms with Crippen molar-refractivity contribution in [2.75, 3.05) is 29.0 Å². The molecule has 31 heavy (non-hydrogen) atoms. The third kappa shape index (κ3) is 5.88. The van der Waals surface area contributed by atoms with Gasteiger partial charge in [-0.25, -0.2) is 8.42 Å². The molecule has 0 bridgehead atoms. The number of sulfonamides is 1. The van der Waals surface area contributed by atoms with Crippen LogP contribution in [0.1, 0.15) is 6.92 Å². The van der Waals surface area contributed by atoms with Gasteiger partial charge >= 0.3 is 0 Å². The summed E-state index contributed by atoms with van der Waals surface area (Å²) in [5.74, 6) is 0.787. The van der Waals surface area contributed by atoms with Crippen LogP contribution in [0, 0.1) is 0 Å². The molecule has 0 fully saturated rings. The monoisotopic (exact) mass is 498 g/mol. The summed E-state index contributed by atoms with van der Waals surface area (Å²) in [5, 5.41) is 11.2. The number of ether oxygens (including phenoxy) is 1. The molecule has 164 valence electrons. The van der Waals surface area contributed by atoms with Crippen LogP contribution >= 0.6 is 34.7 Å². The van der Waals surface area contributed by atoms with Gasteiger partial charge in [0.2, 0.25) is 11.0 Å². The molecule has 1 heterocycles. The molecule has 3 rings (SSSR count). The Morgan fingerprint density at radius 3 is 2.61 bits per heavy atom. The molecule has 0 saturated carbocycles. The van der Waals surface area contributed by atoms with Crippen molar-refractivity contribution in [1.82, 2.24) is 10.2 Å². The molecule has 0 saturated heterocycles. The fourth-order valence-corrected chi connectivity index (χ4v) is 5.82. The quantitative estimate of drug-likeness (QED) is 0.349. The van der Waals surface area contributed by atoms with Crippen LogP contribution in [-0.4, -0.2) is 43.9 Å². The molecule has 0 radical (unpaired) electrons. The number of carbonyl (C=O) groups excluding carboxylic acids is 1. The zero-order valence-corrected chi connectivity index (χ0v) is 19.8. The molecule has 1 N–H and O–H groups in total. The number of hydrogen-bond donors (Lipinski definition) is 1. The van der Waals surface area contributed by atoms with Crippen LogP contribution in [0.5, 0.6) is 5.75 Å². The van der Waals surface area contributed by atoms with Crippen LogP contribution in [-0.2, 0) is 14.8 Å². The molecule has 0 aliphatic rings. The van der Waals surface area contributed by atoms with Gasteiger partial charge in [0.05, 0.1) is 17.7 Å². The van der Waals surface area contributed by atoms with Crippen molar-refractivity contribution in [2.24, 2.45) is 0 Å². The van der Waals surface area contributed by atoms with E-state index >= 15 is 0 Å². The molecule has 2 aromatic carbocycles. The van der Waals surface area contributed by atoms with Gasteiger partial charge in [0, 0.05) is 5.02 Å². The maximum atomic E-state index is 13.4. The molecular formula is C19H19ClN4O4S3. The summed E-state index contributed by atoms with van der Waals surface area (Å²) in [5.41, 5.74) is 0.262. The standard InChI is InChI=1S/C19H19ClN4O4S3/c1-3-29-19-23-22-18(30-19)21-17(25)12-24(14-6-4-5-13(20)11-14)31(26,27)16-9-7-15(28-2)8-10-16/h4-11H,3,12H2,1-2H3,(H,21,22,25). The van der Waals surface area contributed by atoms with Crippen LogP contribution in [0.2, 0.25) is 5.02 Å². The van der Waals surface area contributed by atoms with E-state index in [0.717, 1.165) is 14.4 Å². The minimum Gasteiger partial charge on any atom is -0.497 e. The molecule has 12 heteroatoms. The highest BCUT2D eigenvalue weighted by Crippen LogP contribution is 2.28. The number of carbonyl (C=O) groups is 1. The molecular weight excluding hydrogens is 480 g/mol. The number of anilines is 2. The average molecular weight is 499 g/mol. The van der Waals surface area contributed by atoms with E-state index in [0.29, 0.717) is 15.9 Å². The summed E-state index contributed by atoms with van der Waals surface area (Å²) in [6.07, 6.45) is 0. The van der Waals surface area contributed by atoms with E-state index in [1.165, 1.54) is 60.5 Å². The fraction of sp³-hybridized carbons (Fsp3) is 0.211. The Balaban J connectivity index is 1.89. The van der Waals surface area contributed by atoms with Crippen molar-refractivity contribution in [2.45, 2.75) is 16.2 Å². The lowest BCUT2D eigenvalue weighted by molar-refractivity contribution is -0.114. The molecule has 0 unspecified atom stereocenters. The van der Waals surface area contributed by atoms with Crippen molar-refractivity contribution >= 4 is 61.4 Å². The summed E-state index contributed by atoms with van der Waals surface area (Å²) in [6, 6.07) is 12.2. The third-order valence-corrected chi connectivity index (χ3v) is 7.83. The normalized spacial score (nSPS) is 11.2. The molecule has 0 aliphatic carbocycles. The summed E-state index contributed by atoms with van der Waals surface area (Å²) in [6.45, 7) is 1.52. The van der Waals surface area contributed by atoms with E-state index in [-0.39, 0.29) is 10.6 Å². The lowest BCUT2D eigenvalue weighted by Crippen LogP contribution is -2.38. The van der Waals surface area contributed by atoms with Crippen molar-refractivity contribution in [3.63, 3.8) is 0 Å². The topological polar surface area (TPSA) is 101 Å². The van der Waals surface area contributed by atoms with Crippen LogP contribution in [0.4, 0.5) is 10.8 Å². The highest BCUT2D eigenvalue weighted by Gasteiger charge is 2.28. The first-order valence-electron chi connectivity index (χ1n) is 9.02. The third-order valence-electron chi connectivity index (χ3n) is 3.95. The van der Waals surface area contributed by atoms with Crippen molar-refractivity contribution < 1.29 is 17.9 Å². The van der Waals surface area contributed by atoms with E-state index < -0.39 is 22.5 Å². The van der Waals surface area contributed by atoms with Gasteiger partial charge in [-0.2, -0.15) is 0 Å². The molecule has 0 aliphatic heterocycles. The van der Waals surface area contributed by atoms with Crippen LogP contribution in [0.25, 0.3) is 0 Å². The summed E-state index contributed by atoms with van der Waals surface area (Å²) < 4.78 is 33.5. The highest BCUT2D eigenvalue weighted by molar-refractivity contribution is 8.01. The Bertz CT molecular complexity index is 1150. The Morgan fingerprint density at radius 1 is 1.23 bits per heavy atom. The molecule has 1 amide bonds. The first kappa shape index (κ1) is 23.3. The van der Waals surface area contributed by atoms with E-state index in [1.807, 2.05) is 6.92 Å². The summed E-state index contributed by atoms with van der Waals surface area (Å²) in [7, 11) is -2.57. The van der Waals surface area contributed by atoms with Crippen LogP contribution in [0.15, 0.2) is 57.8 Å². The predicted molar refractivity (Wildman–Crippen MR) is 124 cm³/mol. The van der Waals surface area contributed by atoms with E-state index in [1.54, 1.807) is 18.2 Å². The fourth-order valence-electron chi connectivity index (χ4n) is 2.55. The lowest BCUT2D eigenvalue weighted by Gasteiger charge is -2.24. The maximum Gasteiger partial charge on any atom is 0.264 e. The van der Waals surface area contributed by atoms with Crippen LogP contribution < -0.4 is 14.4 Å². The largest absolute Gasteiger partial charge is 0.497 e. The Kier molecular flexibility index (Phi) is 7.76. The molecule has 3 aromatic rings. The van der Waals surface area contributed by atoms with E-state index in [2.05, 4.69) is 15.5 Å². The zero-order chi connectivity index (χ0) is 22.4. The van der Waals surface area contributed by atoms with Gasteiger partial charge in [0.15, 0.2) is 4.34 Å². The number of halogens is 1. The van der Waals surface area contributed by atoms with Gasteiger partial charge in [-0.05, 0) is 48.2 Å². The summed E-state index contributed by atoms with van der Waals surface area (Å²) >= 11 is 8.79. The number of benzene rings is 2. The highest BCUT2D eigenvalue weighted by atomic mass is 35.5. The van der Waals surface area contributed by atoms with Gasteiger partial charge in [-0.15, -0.1) is 10.2 Å². The number of hydrogen-bond acceptors (Lipinski definition) is 8. The average Bonchev–Trinajstić information content (AvgIpc) is 3.19. The second-order valence-corrected chi connectivity index (χ2v) is 10.8. The van der Waals surface area contributed by atoms with Gasteiger partial charge in [-0.3, -0.25) is 14.4 Å². The maximum absolute atomic E-state index is 13.4. The van der Waals surface area contributed by atoms with Gasteiger partial charge in [-0.1, -0.05) is 47.7 Å². The smallest absolute Gasteiger partial charge is 0.264 e. The van der Waals surface area contributed by atoms with E-state index in [4.69, 9.17) is 16.3 Å². The van der Waals surface area contributed by atoms with Gasteiger partial charge < -0.3 is 4.74 Å². The molecule has 1 aromatic heterocycles. The first-order valence-corrected chi connectivity index (χ1v) is 12.6. The SMILES string of the molecule is CCSc1nnc(NC(=O)CN(c2cccc(Cl)c2)S(=O)(=O)c2ccc(OC)cc2)s1. The Morgan fingerprint density at radius 2 is 1.97 bits per heavy atom. The number of amides is 1. The second kappa shape index (κ2) is 10.3.